The van der Waals surface area contributed by atoms with E-state index in [9.17, 15) is 4.79 Å². The molecule has 0 bridgehead atoms. The molecule has 0 N–H and O–H groups in total. The van der Waals surface area contributed by atoms with Crippen LogP contribution in [-0.2, 0) is 14.6 Å². The summed E-state index contributed by atoms with van der Waals surface area (Å²) in [4.78, 5) is 21.6. The van der Waals surface area contributed by atoms with E-state index in [-0.39, 0.29) is 24.3 Å². The first-order valence-electron chi connectivity index (χ1n) is 4.35. The fourth-order valence-electron chi connectivity index (χ4n) is 2.15. The van der Waals surface area contributed by atoms with E-state index >= 15 is 0 Å². The summed E-state index contributed by atoms with van der Waals surface area (Å²) in [6.45, 7) is 5.87. The van der Waals surface area contributed by atoms with Gasteiger partial charge in [-0.05, 0) is 13.3 Å². The van der Waals surface area contributed by atoms with Crippen LogP contribution in [-0.4, -0.2) is 17.5 Å². The SMILES string of the molecule is CC1(C)C(=O)CC[C@]2(C)OO[C@@H]12.[HH]. The third kappa shape index (κ3) is 0.808. The highest BCUT2D eigenvalue weighted by molar-refractivity contribution is 5.86. The molecule has 3 nitrogen and oxygen atoms in total. The van der Waals surface area contributed by atoms with Crippen molar-refractivity contribution in [3.05, 3.63) is 0 Å². The number of hydrogen-bond donors (Lipinski definition) is 0. The highest BCUT2D eigenvalue weighted by Gasteiger charge is 2.60. The summed E-state index contributed by atoms with van der Waals surface area (Å²) in [6, 6.07) is 0. The first kappa shape index (κ1) is 8.20. The second-order valence-corrected chi connectivity index (χ2v) is 4.52. The highest BCUT2D eigenvalue weighted by Crippen LogP contribution is 2.48. The Kier molecular flexibility index (Phi) is 1.43. The first-order valence-corrected chi connectivity index (χ1v) is 4.35. The van der Waals surface area contributed by atoms with Gasteiger partial charge in [0.1, 0.15) is 17.5 Å². The van der Waals surface area contributed by atoms with Crippen LogP contribution < -0.4 is 0 Å². The number of Topliss-reactive ketones (excluding diaryl/α,β-unsaturated/α-hetero) is 1. The van der Waals surface area contributed by atoms with Crippen LogP contribution >= 0.6 is 0 Å². The molecule has 2 aliphatic rings. The average molecular weight is 172 g/mol. The van der Waals surface area contributed by atoms with Gasteiger partial charge in [-0.15, -0.1) is 0 Å². The van der Waals surface area contributed by atoms with E-state index in [1.54, 1.807) is 0 Å². The fraction of sp³-hybridized carbons (Fsp3) is 0.889. The molecule has 0 aromatic carbocycles. The third-order valence-corrected chi connectivity index (χ3v) is 3.11. The molecule has 70 valence electrons. The van der Waals surface area contributed by atoms with Crippen LogP contribution in [0, 0.1) is 5.41 Å². The van der Waals surface area contributed by atoms with Gasteiger partial charge < -0.3 is 0 Å². The predicted molar refractivity (Wildman–Crippen MR) is 44.5 cm³/mol. The summed E-state index contributed by atoms with van der Waals surface area (Å²) in [5.41, 5.74) is -0.581. The molecule has 2 atom stereocenters. The minimum absolute atomic E-state index is 0. The van der Waals surface area contributed by atoms with E-state index < -0.39 is 0 Å². The van der Waals surface area contributed by atoms with Crippen LogP contribution in [0.1, 0.15) is 35.0 Å². The van der Waals surface area contributed by atoms with Crippen molar-refractivity contribution >= 4 is 5.78 Å². The molecule has 1 saturated heterocycles. The Bertz CT molecular complexity index is 239. The topological polar surface area (TPSA) is 35.5 Å². The Morgan fingerprint density at radius 2 is 2.17 bits per heavy atom. The van der Waals surface area contributed by atoms with Gasteiger partial charge in [-0.3, -0.25) is 4.79 Å². The van der Waals surface area contributed by atoms with Crippen LogP contribution in [0.15, 0.2) is 0 Å². The Morgan fingerprint density at radius 1 is 1.50 bits per heavy atom. The van der Waals surface area contributed by atoms with Crippen molar-refractivity contribution in [1.29, 1.82) is 0 Å². The van der Waals surface area contributed by atoms with Crippen LogP contribution in [0.2, 0.25) is 0 Å². The molecule has 0 spiro atoms. The maximum Gasteiger partial charge on any atom is 0.141 e. The monoisotopic (exact) mass is 172 g/mol. The van der Waals surface area contributed by atoms with Gasteiger partial charge in [0.25, 0.3) is 0 Å². The largest absolute Gasteiger partial charge is 0.299 e. The molecule has 12 heavy (non-hydrogen) atoms. The van der Waals surface area contributed by atoms with E-state index in [0.717, 1.165) is 6.42 Å². The number of hydrogen-bond acceptors (Lipinski definition) is 3. The maximum absolute atomic E-state index is 11.5. The van der Waals surface area contributed by atoms with Gasteiger partial charge in [-0.2, -0.15) is 0 Å². The summed E-state index contributed by atoms with van der Waals surface area (Å²) in [5, 5.41) is 0. The summed E-state index contributed by atoms with van der Waals surface area (Å²) < 4.78 is 0. The molecule has 0 unspecified atom stereocenters. The van der Waals surface area contributed by atoms with Crippen LogP contribution in [0.25, 0.3) is 0 Å². The van der Waals surface area contributed by atoms with Gasteiger partial charge in [0.05, 0.1) is 5.41 Å². The number of ketones is 1. The van der Waals surface area contributed by atoms with E-state index in [2.05, 4.69) is 0 Å². The van der Waals surface area contributed by atoms with E-state index in [0.29, 0.717) is 6.42 Å². The van der Waals surface area contributed by atoms with Gasteiger partial charge >= 0.3 is 0 Å². The Labute approximate surface area is 73.4 Å². The number of fused-ring (bicyclic) bond motifs is 1. The quantitative estimate of drug-likeness (QED) is 0.522. The summed E-state index contributed by atoms with van der Waals surface area (Å²) in [6.07, 6.45) is 1.36. The van der Waals surface area contributed by atoms with E-state index in [1.165, 1.54) is 0 Å². The molecule has 1 heterocycles. The zero-order chi connectivity index (χ0) is 8.98. The van der Waals surface area contributed by atoms with Gasteiger partial charge in [-0.1, -0.05) is 13.8 Å². The van der Waals surface area contributed by atoms with Gasteiger partial charge in [0.2, 0.25) is 0 Å². The molecule has 0 amide bonds. The van der Waals surface area contributed by atoms with E-state index in [4.69, 9.17) is 9.78 Å². The minimum Gasteiger partial charge on any atom is -0.299 e. The Hall–Kier alpha value is -0.410. The minimum atomic E-state index is -0.370. The smallest absolute Gasteiger partial charge is 0.141 e. The molecule has 1 saturated carbocycles. The van der Waals surface area contributed by atoms with Crippen molar-refractivity contribution in [2.75, 3.05) is 0 Å². The van der Waals surface area contributed by atoms with Crippen molar-refractivity contribution in [1.82, 2.24) is 0 Å². The Morgan fingerprint density at radius 3 is 2.58 bits per heavy atom. The van der Waals surface area contributed by atoms with E-state index in [1.807, 2.05) is 20.8 Å². The molecule has 1 aliphatic carbocycles. The second-order valence-electron chi connectivity index (χ2n) is 4.52. The lowest BCUT2D eigenvalue weighted by atomic mass is 9.66. The van der Waals surface area contributed by atoms with Gasteiger partial charge in [0.15, 0.2) is 0 Å². The van der Waals surface area contributed by atoms with Crippen molar-refractivity contribution in [3.8, 4) is 0 Å². The molecule has 3 heteroatoms. The number of rotatable bonds is 0. The zero-order valence-corrected chi connectivity index (χ0v) is 7.72. The molecule has 1 aliphatic heterocycles. The van der Waals surface area contributed by atoms with Crippen molar-refractivity contribution in [3.63, 3.8) is 0 Å². The second kappa shape index (κ2) is 2.09. The Balaban J connectivity index is 0.000000845. The summed E-state index contributed by atoms with van der Waals surface area (Å²) in [5.74, 6) is 0.285. The molecule has 2 rings (SSSR count). The highest BCUT2D eigenvalue weighted by atomic mass is 17.3. The fourth-order valence-corrected chi connectivity index (χ4v) is 2.15. The molecule has 0 aromatic rings. The van der Waals surface area contributed by atoms with Crippen molar-refractivity contribution in [2.24, 2.45) is 5.41 Å². The van der Waals surface area contributed by atoms with Crippen LogP contribution in [0.3, 0.4) is 0 Å². The van der Waals surface area contributed by atoms with Crippen molar-refractivity contribution in [2.45, 2.75) is 45.3 Å². The molecule has 0 aromatic heterocycles. The lowest BCUT2D eigenvalue weighted by Crippen LogP contribution is -2.65. The van der Waals surface area contributed by atoms with Crippen LogP contribution in [0.4, 0.5) is 0 Å². The van der Waals surface area contributed by atoms with Gasteiger partial charge in [0, 0.05) is 7.85 Å². The van der Waals surface area contributed by atoms with Crippen LogP contribution in [0.5, 0.6) is 0 Å². The molecular weight excluding hydrogens is 156 g/mol. The molecule has 2 fully saturated rings. The zero-order valence-electron chi connectivity index (χ0n) is 7.72. The third-order valence-electron chi connectivity index (χ3n) is 3.11. The first-order chi connectivity index (χ1) is 5.47. The van der Waals surface area contributed by atoms with Crippen molar-refractivity contribution < 1.29 is 16.0 Å². The normalized spacial score (nSPS) is 44.9. The lowest BCUT2D eigenvalue weighted by molar-refractivity contribution is -0.523. The standard InChI is InChI=1S/C9H14O3.H2/c1-8(2)6(10)4-5-9(3)7(8)11-12-9;/h7H,4-5H2,1-3H3;1H/t7-,9-;/m0./s1. The number of carbonyl (C=O) groups excluding carboxylic acids is 1. The molecular formula is C9H16O3. The summed E-state index contributed by atoms with van der Waals surface area (Å²) >= 11 is 0. The number of carbonyl (C=O) groups is 1. The van der Waals surface area contributed by atoms with Gasteiger partial charge in [-0.25, -0.2) is 9.78 Å². The average Bonchev–Trinajstić information content (AvgIpc) is 1.94. The predicted octanol–water partition coefficient (Wildman–Crippen LogP) is 1.71. The lowest BCUT2D eigenvalue weighted by Gasteiger charge is -2.54. The maximum atomic E-state index is 11.5. The summed E-state index contributed by atoms with van der Waals surface area (Å²) in [7, 11) is 0. The molecule has 0 radical (unpaired) electrons.